The van der Waals surface area contributed by atoms with Gasteiger partial charge in [-0.05, 0) is 64.0 Å². The lowest BCUT2D eigenvalue weighted by Crippen LogP contribution is -2.22. The second-order valence-electron chi connectivity index (χ2n) is 4.51. The predicted octanol–water partition coefficient (Wildman–Crippen LogP) is 4.83. The monoisotopic (exact) mass is 323 g/mol. The number of benzene rings is 1. The Labute approximate surface area is 121 Å². The summed E-state index contributed by atoms with van der Waals surface area (Å²) in [6.07, 6.45) is 0. The van der Waals surface area contributed by atoms with Crippen molar-refractivity contribution in [1.29, 1.82) is 0 Å². The summed E-state index contributed by atoms with van der Waals surface area (Å²) < 4.78 is 1.19. The highest BCUT2D eigenvalue weighted by atomic mass is 79.9. The van der Waals surface area contributed by atoms with Gasteiger partial charge in [0.05, 0.1) is 6.04 Å². The normalized spacial score (nSPS) is 12.7. The molecule has 1 nitrogen and oxygen atoms in total. The number of nitrogens with one attached hydrogen (secondary N) is 1. The average Bonchev–Trinajstić information content (AvgIpc) is 2.76. The van der Waals surface area contributed by atoms with E-state index in [1.807, 2.05) is 0 Å². The SMILES string of the molecule is CCNC(c1ccc(C)c(C)c1)c1cscc1Br. The lowest BCUT2D eigenvalue weighted by molar-refractivity contribution is 0.630. The first-order valence-electron chi connectivity index (χ1n) is 6.15. The van der Waals surface area contributed by atoms with Gasteiger partial charge in [-0.25, -0.2) is 0 Å². The minimum atomic E-state index is 0.273. The van der Waals surface area contributed by atoms with E-state index in [0.29, 0.717) is 0 Å². The quantitative estimate of drug-likeness (QED) is 0.850. The van der Waals surface area contributed by atoms with E-state index in [1.54, 1.807) is 11.3 Å². The lowest BCUT2D eigenvalue weighted by atomic mass is 9.97. The van der Waals surface area contributed by atoms with Gasteiger partial charge in [0, 0.05) is 9.85 Å². The fraction of sp³-hybridized carbons (Fsp3) is 0.333. The third-order valence-corrected chi connectivity index (χ3v) is 4.98. The van der Waals surface area contributed by atoms with Gasteiger partial charge in [0.15, 0.2) is 0 Å². The van der Waals surface area contributed by atoms with Gasteiger partial charge in [-0.1, -0.05) is 25.1 Å². The molecule has 1 aromatic heterocycles. The number of rotatable bonds is 4. The second-order valence-corrected chi connectivity index (χ2v) is 6.11. The number of thiophene rings is 1. The first kappa shape index (κ1) is 13.8. The maximum atomic E-state index is 3.64. The minimum Gasteiger partial charge on any atom is -0.306 e. The maximum absolute atomic E-state index is 3.64. The molecule has 1 N–H and O–H groups in total. The van der Waals surface area contributed by atoms with Gasteiger partial charge in [-0.15, -0.1) is 0 Å². The summed E-state index contributed by atoms with van der Waals surface area (Å²) >= 11 is 5.37. The molecule has 3 heteroatoms. The van der Waals surface area contributed by atoms with Gasteiger partial charge < -0.3 is 5.32 Å². The van der Waals surface area contributed by atoms with Gasteiger partial charge in [0.2, 0.25) is 0 Å². The summed E-state index contributed by atoms with van der Waals surface area (Å²) in [7, 11) is 0. The van der Waals surface area contributed by atoms with E-state index in [9.17, 15) is 0 Å². The molecule has 0 saturated carbocycles. The van der Waals surface area contributed by atoms with Crippen LogP contribution in [0.5, 0.6) is 0 Å². The van der Waals surface area contributed by atoms with Gasteiger partial charge in [-0.2, -0.15) is 11.3 Å². The topological polar surface area (TPSA) is 12.0 Å². The van der Waals surface area contributed by atoms with Crippen molar-refractivity contribution in [2.45, 2.75) is 26.8 Å². The van der Waals surface area contributed by atoms with Crippen LogP contribution in [-0.4, -0.2) is 6.54 Å². The predicted molar refractivity (Wildman–Crippen MR) is 83.5 cm³/mol. The van der Waals surface area contributed by atoms with Gasteiger partial charge in [0.1, 0.15) is 0 Å². The number of aryl methyl sites for hydroxylation is 2. The molecular weight excluding hydrogens is 306 g/mol. The lowest BCUT2D eigenvalue weighted by Gasteiger charge is -2.19. The van der Waals surface area contributed by atoms with Crippen molar-refractivity contribution in [2.75, 3.05) is 6.54 Å². The fourth-order valence-corrected chi connectivity index (χ4v) is 3.60. The summed E-state index contributed by atoms with van der Waals surface area (Å²) in [4.78, 5) is 0. The molecule has 2 aromatic rings. The minimum absolute atomic E-state index is 0.273. The molecule has 1 heterocycles. The first-order valence-corrected chi connectivity index (χ1v) is 7.89. The molecule has 18 heavy (non-hydrogen) atoms. The van der Waals surface area contributed by atoms with Gasteiger partial charge in [-0.3, -0.25) is 0 Å². The van der Waals surface area contributed by atoms with E-state index in [0.717, 1.165) is 6.54 Å². The zero-order valence-corrected chi connectivity index (χ0v) is 13.4. The Kier molecular flexibility index (Phi) is 4.60. The van der Waals surface area contributed by atoms with Crippen molar-refractivity contribution in [2.24, 2.45) is 0 Å². The fourth-order valence-electron chi connectivity index (χ4n) is 2.05. The molecule has 0 aliphatic heterocycles. The largest absolute Gasteiger partial charge is 0.306 e. The van der Waals surface area contributed by atoms with Crippen LogP contribution >= 0.6 is 27.3 Å². The van der Waals surface area contributed by atoms with E-state index >= 15 is 0 Å². The molecule has 0 amide bonds. The molecule has 0 fully saturated rings. The van der Waals surface area contributed by atoms with Crippen molar-refractivity contribution in [1.82, 2.24) is 5.32 Å². The Bertz CT molecular complexity index is 533. The highest BCUT2D eigenvalue weighted by Gasteiger charge is 2.16. The van der Waals surface area contributed by atoms with E-state index in [1.165, 1.54) is 26.7 Å². The molecular formula is C15H18BrNS. The molecule has 0 bridgehead atoms. The van der Waals surface area contributed by atoms with Crippen LogP contribution in [0.1, 0.15) is 35.2 Å². The molecule has 96 valence electrons. The zero-order chi connectivity index (χ0) is 13.1. The van der Waals surface area contributed by atoms with Gasteiger partial charge in [0.25, 0.3) is 0 Å². The van der Waals surface area contributed by atoms with E-state index in [-0.39, 0.29) is 6.04 Å². The van der Waals surface area contributed by atoms with Crippen LogP contribution in [0, 0.1) is 13.8 Å². The number of hydrogen-bond acceptors (Lipinski definition) is 2. The summed E-state index contributed by atoms with van der Waals surface area (Å²) in [5.74, 6) is 0. The second kappa shape index (κ2) is 6.00. The van der Waals surface area contributed by atoms with Crippen LogP contribution in [-0.2, 0) is 0 Å². The van der Waals surface area contributed by atoms with Crippen molar-refractivity contribution in [3.63, 3.8) is 0 Å². The first-order chi connectivity index (χ1) is 8.63. The standard InChI is InChI=1S/C15H18BrNS/c1-4-17-15(13-8-18-9-14(13)16)12-6-5-10(2)11(3)7-12/h5-9,15,17H,4H2,1-3H3. The van der Waals surface area contributed by atoms with Crippen LogP contribution in [0.15, 0.2) is 33.4 Å². The Morgan fingerprint density at radius 3 is 2.56 bits per heavy atom. The van der Waals surface area contributed by atoms with Crippen LogP contribution in [0.25, 0.3) is 0 Å². The molecule has 0 aliphatic carbocycles. The summed E-state index contributed by atoms with van der Waals surface area (Å²) in [5, 5.41) is 7.92. The molecule has 0 aliphatic rings. The Morgan fingerprint density at radius 2 is 2.00 bits per heavy atom. The summed E-state index contributed by atoms with van der Waals surface area (Å²) in [5.41, 5.74) is 5.35. The van der Waals surface area contributed by atoms with Crippen molar-refractivity contribution >= 4 is 27.3 Å². The van der Waals surface area contributed by atoms with Crippen LogP contribution in [0.2, 0.25) is 0 Å². The van der Waals surface area contributed by atoms with Crippen LogP contribution < -0.4 is 5.32 Å². The third kappa shape index (κ3) is 2.85. The highest BCUT2D eigenvalue weighted by Crippen LogP contribution is 2.32. The zero-order valence-electron chi connectivity index (χ0n) is 11.0. The Balaban J connectivity index is 2.41. The molecule has 0 radical (unpaired) electrons. The summed E-state index contributed by atoms with van der Waals surface area (Å²) in [6.45, 7) is 7.43. The smallest absolute Gasteiger partial charge is 0.0596 e. The molecule has 0 saturated heterocycles. The van der Waals surface area contributed by atoms with Crippen LogP contribution in [0.4, 0.5) is 0 Å². The molecule has 0 spiro atoms. The van der Waals surface area contributed by atoms with E-state index < -0.39 is 0 Å². The molecule has 1 aromatic carbocycles. The Hall–Kier alpha value is -0.640. The number of hydrogen-bond donors (Lipinski definition) is 1. The Morgan fingerprint density at radius 1 is 1.22 bits per heavy atom. The van der Waals surface area contributed by atoms with Crippen molar-refractivity contribution in [3.8, 4) is 0 Å². The van der Waals surface area contributed by atoms with E-state index in [4.69, 9.17) is 0 Å². The maximum Gasteiger partial charge on any atom is 0.0596 e. The average molecular weight is 324 g/mol. The van der Waals surface area contributed by atoms with Crippen molar-refractivity contribution in [3.05, 3.63) is 55.7 Å². The number of halogens is 1. The third-order valence-electron chi connectivity index (χ3n) is 3.23. The van der Waals surface area contributed by atoms with Crippen molar-refractivity contribution < 1.29 is 0 Å². The highest BCUT2D eigenvalue weighted by molar-refractivity contribution is 9.10. The van der Waals surface area contributed by atoms with Crippen LogP contribution in [0.3, 0.4) is 0 Å². The summed E-state index contributed by atoms with van der Waals surface area (Å²) in [6, 6.07) is 6.98. The van der Waals surface area contributed by atoms with E-state index in [2.05, 4.69) is 71.0 Å². The molecule has 1 unspecified atom stereocenters. The molecule has 2 rings (SSSR count). The van der Waals surface area contributed by atoms with Gasteiger partial charge >= 0.3 is 0 Å². The molecule has 1 atom stereocenters.